The maximum atomic E-state index is 5.15. The van der Waals surface area contributed by atoms with E-state index < -0.39 is 0 Å². The number of pyridine rings is 1. The van der Waals surface area contributed by atoms with Gasteiger partial charge in [-0.2, -0.15) is 9.97 Å². The molecule has 0 aliphatic carbocycles. The molecule has 0 saturated heterocycles. The van der Waals surface area contributed by atoms with Gasteiger partial charge in [-0.25, -0.2) is 9.97 Å². The van der Waals surface area contributed by atoms with E-state index in [1.807, 2.05) is 78.2 Å². The number of para-hydroxylation sites is 2. The zero-order valence-corrected chi connectivity index (χ0v) is 27.9. The standard InChI is InChI=1S/C44H26N6S/c1-3-13-27(14-4-1)41-46-42(28-15-5-2-6-16-28)48-44(47-41)50-35-20-10-7-17-30(35)33-25-29(23-24-37(33)50)49-36-21-11-8-19-32(36)39-40-34(26-45-43(39)49)31-18-9-12-22-38(31)51-40/h1-26H. The quantitative estimate of drug-likeness (QED) is 0.187. The number of rotatable bonds is 4. The third-order valence-corrected chi connectivity index (χ3v) is 11.0. The molecular weight excluding hydrogens is 645 g/mol. The Bertz CT molecular complexity index is 3080. The van der Waals surface area contributed by atoms with Crippen LogP contribution in [0.1, 0.15) is 0 Å². The number of fused-ring (bicyclic) bond motifs is 10. The summed E-state index contributed by atoms with van der Waals surface area (Å²) in [5.74, 6) is 1.84. The largest absolute Gasteiger partial charge is 0.294 e. The van der Waals surface area contributed by atoms with Gasteiger partial charge in [-0.1, -0.05) is 115 Å². The van der Waals surface area contributed by atoms with Gasteiger partial charge in [-0.05, 0) is 36.4 Å². The van der Waals surface area contributed by atoms with Crippen LogP contribution in [0, 0.1) is 0 Å². The molecule has 0 bridgehead atoms. The fraction of sp³-hybridized carbons (Fsp3) is 0. The molecule has 11 aromatic rings. The molecule has 5 heterocycles. The molecule has 0 radical (unpaired) electrons. The van der Waals surface area contributed by atoms with Crippen LogP contribution >= 0.6 is 11.3 Å². The molecule has 0 N–H and O–H groups in total. The molecule has 0 saturated carbocycles. The summed E-state index contributed by atoms with van der Waals surface area (Å²) in [5, 5.41) is 7.08. The van der Waals surface area contributed by atoms with Crippen molar-refractivity contribution in [2.75, 3.05) is 0 Å². The second-order valence-electron chi connectivity index (χ2n) is 12.7. The molecule has 0 fully saturated rings. The Morgan fingerprint density at radius 2 is 1.04 bits per heavy atom. The van der Waals surface area contributed by atoms with Crippen LogP contribution in [-0.2, 0) is 0 Å². The van der Waals surface area contributed by atoms with Crippen molar-refractivity contribution in [1.82, 2.24) is 29.1 Å². The molecule has 5 aromatic heterocycles. The molecule has 11 rings (SSSR count). The van der Waals surface area contributed by atoms with Crippen molar-refractivity contribution in [1.29, 1.82) is 0 Å². The lowest BCUT2D eigenvalue weighted by Gasteiger charge is -2.11. The van der Waals surface area contributed by atoms with Crippen molar-refractivity contribution in [3.63, 3.8) is 0 Å². The first-order valence-corrected chi connectivity index (χ1v) is 17.7. The molecule has 0 atom stereocenters. The van der Waals surface area contributed by atoms with E-state index in [-0.39, 0.29) is 0 Å². The summed E-state index contributed by atoms with van der Waals surface area (Å²) in [5.41, 5.74) is 7.06. The molecule has 0 spiro atoms. The highest BCUT2D eigenvalue weighted by molar-refractivity contribution is 7.26. The zero-order chi connectivity index (χ0) is 33.5. The van der Waals surface area contributed by atoms with Crippen LogP contribution in [0.5, 0.6) is 0 Å². The van der Waals surface area contributed by atoms with Crippen molar-refractivity contribution in [2.24, 2.45) is 0 Å². The number of nitrogens with zero attached hydrogens (tertiary/aromatic N) is 6. The summed E-state index contributed by atoms with van der Waals surface area (Å²) in [4.78, 5) is 20.3. The highest BCUT2D eigenvalue weighted by atomic mass is 32.1. The van der Waals surface area contributed by atoms with Gasteiger partial charge in [0, 0.05) is 64.7 Å². The van der Waals surface area contributed by atoms with Crippen molar-refractivity contribution in [3.8, 4) is 34.4 Å². The van der Waals surface area contributed by atoms with Crippen LogP contribution in [0.3, 0.4) is 0 Å². The molecule has 238 valence electrons. The minimum absolute atomic E-state index is 0.576. The van der Waals surface area contributed by atoms with Crippen LogP contribution in [-0.4, -0.2) is 29.1 Å². The zero-order valence-electron chi connectivity index (χ0n) is 27.1. The van der Waals surface area contributed by atoms with E-state index >= 15 is 0 Å². The Morgan fingerprint density at radius 1 is 0.451 bits per heavy atom. The van der Waals surface area contributed by atoms with E-state index in [2.05, 4.69) is 100 Å². The second-order valence-corrected chi connectivity index (χ2v) is 13.8. The average Bonchev–Trinajstić information content (AvgIpc) is 3.86. The van der Waals surface area contributed by atoms with E-state index in [1.54, 1.807) is 0 Å². The number of hydrogen-bond donors (Lipinski definition) is 0. The smallest absolute Gasteiger partial charge is 0.238 e. The summed E-state index contributed by atoms with van der Waals surface area (Å²) in [6.45, 7) is 0. The summed E-state index contributed by atoms with van der Waals surface area (Å²) < 4.78 is 7.02. The van der Waals surface area contributed by atoms with Gasteiger partial charge in [0.05, 0.1) is 16.6 Å². The molecule has 6 aromatic carbocycles. The lowest BCUT2D eigenvalue weighted by Crippen LogP contribution is -2.06. The van der Waals surface area contributed by atoms with E-state index in [1.165, 1.54) is 30.9 Å². The first kappa shape index (κ1) is 28.2. The lowest BCUT2D eigenvalue weighted by molar-refractivity contribution is 0.953. The Morgan fingerprint density at radius 3 is 1.76 bits per heavy atom. The molecular formula is C44H26N6S. The molecule has 0 unspecified atom stereocenters. The third kappa shape index (κ3) is 4.22. The Labute approximate surface area is 295 Å². The molecule has 51 heavy (non-hydrogen) atoms. The van der Waals surface area contributed by atoms with Gasteiger partial charge in [0.25, 0.3) is 0 Å². The van der Waals surface area contributed by atoms with E-state index in [4.69, 9.17) is 19.9 Å². The van der Waals surface area contributed by atoms with Gasteiger partial charge < -0.3 is 0 Å². The highest BCUT2D eigenvalue weighted by Crippen LogP contribution is 2.43. The predicted octanol–water partition coefficient (Wildman–Crippen LogP) is 11.2. The van der Waals surface area contributed by atoms with Gasteiger partial charge in [0.15, 0.2) is 11.6 Å². The van der Waals surface area contributed by atoms with Gasteiger partial charge in [-0.15, -0.1) is 11.3 Å². The summed E-state index contributed by atoms with van der Waals surface area (Å²) in [6, 6.07) is 52.7. The van der Waals surface area contributed by atoms with Crippen molar-refractivity contribution >= 4 is 75.3 Å². The van der Waals surface area contributed by atoms with Crippen LogP contribution in [0.15, 0.2) is 158 Å². The predicted molar refractivity (Wildman–Crippen MR) is 210 cm³/mol. The molecule has 6 nitrogen and oxygen atoms in total. The maximum absolute atomic E-state index is 5.15. The average molecular weight is 671 g/mol. The van der Waals surface area contributed by atoms with Crippen LogP contribution in [0.2, 0.25) is 0 Å². The monoisotopic (exact) mass is 670 g/mol. The van der Waals surface area contributed by atoms with Crippen molar-refractivity contribution in [2.45, 2.75) is 0 Å². The first-order chi connectivity index (χ1) is 25.3. The third-order valence-electron chi connectivity index (χ3n) is 9.83. The molecule has 0 amide bonds. The van der Waals surface area contributed by atoms with Crippen molar-refractivity contribution < 1.29 is 0 Å². The van der Waals surface area contributed by atoms with Gasteiger partial charge in [0.1, 0.15) is 5.65 Å². The Hall–Kier alpha value is -6.70. The molecule has 0 aliphatic heterocycles. The van der Waals surface area contributed by atoms with E-state index in [0.717, 1.165) is 49.8 Å². The van der Waals surface area contributed by atoms with Gasteiger partial charge in [-0.3, -0.25) is 9.13 Å². The van der Waals surface area contributed by atoms with Crippen LogP contribution < -0.4 is 0 Å². The minimum atomic E-state index is 0.576. The van der Waals surface area contributed by atoms with E-state index in [9.17, 15) is 0 Å². The fourth-order valence-corrected chi connectivity index (χ4v) is 8.78. The number of benzene rings is 6. The SMILES string of the molecule is c1ccc(-c2nc(-c3ccccc3)nc(-n3c4ccccc4c4cc(-n5c6ccccc6c6c7sc8ccccc8c7cnc65)ccc43)n2)cc1. The van der Waals surface area contributed by atoms with Crippen LogP contribution in [0.4, 0.5) is 0 Å². The Kier molecular flexibility index (Phi) is 6.02. The van der Waals surface area contributed by atoms with Crippen LogP contribution in [0.25, 0.3) is 98.3 Å². The topological polar surface area (TPSA) is 61.4 Å². The normalized spacial score (nSPS) is 11.9. The van der Waals surface area contributed by atoms with E-state index in [0.29, 0.717) is 17.6 Å². The van der Waals surface area contributed by atoms with Gasteiger partial charge in [0.2, 0.25) is 5.95 Å². The lowest BCUT2D eigenvalue weighted by atomic mass is 10.1. The number of aromatic nitrogens is 6. The minimum Gasteiger partial charge on any atom is -0.294 e. The first-order valence-electron chi connectivity index (χ1n) is 16.9. The fourth-order valence-electron chi connectivity index (χ4n) is 7.55. The summed E-state index contributed by atoms with van der Waals surface area (Å²) in [7, 11) is 0. The van der Waals surface area contributed by atoms with Crippen molar-refractivity contribution in [3.05, 3.63) is 158 Å². The second kappa shape index (κ2) is 10.9. The molecule has 0 aliphatic rings. The number of hydrogen-bond acceptors (Lipinski definition) is 5. The summed E-state index contributed by atoms with van der Waals surface area (Å²) >= 11 is 1.84. The highest BCUT2D eigenvalue weighted by Gasteiger charge is 2.21. The van der Waals surface area contributed by atoms with Gasteiger partial charge >= 0.3 is 0 Å². The Balaban J connectivity index is 1.18. The summed E-state index contributed by atoms with van der Waals surface area (Å²) in [6.07, 6.45) is 2.05. The molecule has 7 heteroatoms. The maximum Gasteiger partial charge on any atom is 0.238 e. The number of thiophene rings is 1.